The van der Waals surface area contributed by atoms with Crippen molar-refractivity contribution >= 4 is 11.8 Å². The van der Waals surface area contributed by atoms with Gasteiger partial charge in [0.15, 0.2) is 0 Å². The predicted octanol–water partition coefficient (Wildman–Crippen LogP) is 4.88. The number of hydrogen-bond acceptors (Lipinski definition) is 2. The van der Waals surface area contributed by atoms with Crippen LogP contribution in [0.5, 0.6) is 0 Å². The highest BCUT2D eigenvalue weighted by Crippen LogP contribution is 2.48. The number of benzene rings is 1. The second-order valence-electron chi connectivity index (χ2n) is 7.54. The molecular weight excluding hydrogens is 274 g/mol. The zero-order valence-corrected chi connectivity index (χ0v) is 14.3. The van der Waals surface area contributed by atoms with Gasteiger partial charge in [-0.3, -0.25) is 0 Å². The second kappa shape index (κ2) is 6.34. The predicted molar refractivity (Wildman–Crippen MR) is 92.7 cm³/mol. The molecule has 1 aliphatic heterocycles. The Labute approximate surface area is 134 Å². The smallest absolute Gasteiger partial charge is 0.0141 e. The minimum absolute atomic E-state index is 0.422. The molecule has 1 aromatic rings. The Morgan fingerprint density at radius 1 is 1.24 bits per heavy atom. The van der Waals surface area contributed by atoms with Crippen LogP contribution in [0, 0.1) is 17.3 Å². The first kappa shape index (κ1) is 15.4. The van der Waals surface area contributed by atoms with E-state index in [9.17, 15) is 0 Å². The molecule has 1 aromatic carbocycles. The molecule has 0 amide bonds. The fourth-order valence-corrected chi connectivity index (χ4v) is 5.78. The van der Waals surface area contributed by atoms with E-state index in [1.165, 1.54) is 43.4 Å². The van der Waals surface area contributed by atoms with E-state index in [0.717, 1.165) is 23.6 Å². The topological polar surface area (TPSA) is 26.0 Å². The van der Waals surface area contributed by atoms with E-state index in [-0.39, 0.29) is 0 Å². The summed E-state index contributed by atoms with van der Waals surface area (Å²) in [6.45, 7) is 5.64. The lowest BCUT2D eigenvalue weighted by Crippen LogP contribution is -2.38. The molecule has 2 aliphatic rings. The van der Waals surface area contributed by atoms with Crippen LogP contribution >= 0.6 is 11.8 Å². The minimum Gasteiger partial charge on any atom is -0.330 e. The molecule has 0 bridgehead atoms. The lowest BCUT2D eigenvalue weighted by atomic mass is 9.66. The molecule has 1 saturated carbocycles. The zero-order chi connectivity index (χ0) is 14.9. The first-order valence-electron chi connectivity index (χ1n) is 8.56. The Kier molecular flexibility index (Phi) is 4.66. The summed E-state index contributed by atoms with van der Waals surface area (Å²) in [6, 6.07) is 8.92. The molecule has 0 spiro atoms. The van der Waals surface area contributed by atoms with Crippen LogP contribution in [0.15, 0.2) is 29.2 Å². The van der Waals surface area contributed by atoms with Crippen molar-refractivity contribution in [2.45, 2.75) is 62.5 Å². The van der Waals surface area contributed by atoms with Crippen molar-refractivity contribution in [1.82, 2.24) is 0 Å². The van der Waals surface area contributed by atoms with Crippen LogP contribution in [0.4, 0.5) is 0 Å². The van der Waals surface area contributed by atoms with Crippen LogP contribution in [0.1, 0.15) is 51.5 Å². The van der Waals surface area contributed by atoms with Crippen molar-refractivity contribution < 1.29 is 0 Å². The summed E-state index contributed by atoms with van der Waals surface area (Å²) in [4.78, 5) is 1.51. The summed E-state index contributed by atoms with van der Waals surface area (Å²) < 4.78 is 0. The van der Waals surface area contributed by atoms with Gasteiger partial charge in [-0.25, -0.2) is 0 Å². The Morgan fingerprint density at radius 2 is 1.95 bits per heavy atom. The van der Waals surface area contributed by atoms with Gasteiger partial charge in [0.25, 0.3) is 0 Å². The normalized spacial score (nSPS) is 32.4. The number of fused-ring (bicyclic) bond motifs is 1. The van der Waals surface area contributed by atoms with Crippen molar-refractivity contribution in [2.24, 2.45) is 23.0 Å². The molecule has 2 heteroatoms. The van der Waals surface area contributed by atoms with Gasteiger partial charge < -0.3 is 5.73 Å². The molecule has 1 fully saturated rings. The lowest BCUT2D eigenvalue weighted by Gasteiger charge is -2.42. The maximum absolute atomic E-state index is 6.23. The minimum atomic E-state index is 0.422. The molecular formula is C19H29NS. The SMILES string of the molecule is CC(C)C1CCC(CN)(CC2Cc3ccccc3S2)CC1. The van der Waals surface area contributed by atoms with Gasteiger partial charge in [0.1, 0.15) is 0 Å². The molecule has 2 N–H and O–H groups in total. The van der Waals surface area contributed by atoms with Crippen molar-refractivity contribution in [1.29, 1.82) is 0 Å². The van der Waals surface area contributed by atoms with Gasteiger partial charge in [-0.2, -0.15) is 0 Å². The van der Waals surface area contributed by atoms with Gasteiger partial charge in [-0.15, -0.1) is 11.8 Å². The Morgan fingerprint density at radius 3 is 2.57 bits per heavy atom. The molecule has 1 atom stereocenters. The summed E-state index contributed by atoms with van der Waals surface area (Å²) in [5.41, 5.74) is 8.21. The second-order valence-corrected chi connectivity index (χ2v) is 8.88. The molecule has 1 unspecified atom stereocenters. The van der Waals surface area contributed by atoms with E-state index in [1.807, 2.05) is 0 Å². The molecule has 1 aliphatic carbocycles. The quantitative estimate of drug-likeness (QED) is 0.857. The molecule has 0 radical (unpaired) electrons. The van der Waals surface area contributed by atoms with Gasteiger partial charge in [-0.1, -0.05) is 32.0 Å². The van der Waals surface area contributed by atoms with E-state index in [0.29, 0.717) is 5.41 Å². The van der Waals surface area contributed by atoms with Crippen LogP contribution < -0.4 is 5.73 Å². The van der Waals surface area contributed by atoms with Gasteiger partial charge >= 0.3 is 0 Å². The summed E-state index contributed by atoms with van der Waals surface area (Å²) in [7, 11) is 0. The average Bonchev–Trinajstić information content (AvgIpc) is 2.89. The number of rotatable bonds is 4. The molecule has 3 rings (SSSR count). The monoisotopic (exact) mass is 303 g/mol. The molecule has 116 valence electrons. The van der Waals surface area contributed by atoms with E-state index in [4.69, 9.17) is 5.73 Å². The lowest BCUT2D eigenvalue weighted by molar-refractivity contribution is 0.122. The Balaban J connectivity index is 1.62. The Hall–Kier alpha value is -0.470. The molecule has 0 saturated heterocycles. The molecule has 21 heavy (non-hydrogen) atoms. The summed E-state index contributed by atoms with van der Waals surface area (Å²) in [5, 5.41) is 0.751. The van der Waals surface area contributed by atoms with Crippen LogP contribution in [0.25, 0.3) is 0 Å². The van der Waals surface area contributed by atoms with Crippen LogP contribution in [0.2, 0.25) is 0 Å². The number of hydrogen-bond donors (Lipinski definition) is 1. The van der Waals surface area contributed by atoms with E-state index >= 15 is 0 Å². The first-order valence-corrected chi connectivity index (χ1v) is 9.44. The third kappa shape index (κ3) is 3.32. The van der Waals surface area contributed by atoms with Crippen molar-refractivity contribution in [3.63, 3.8) is 0 Å². The van der Waals surface area contributed by atoms with Crippen molar-refractivity contribution in [3.8, 4) is 0 Å². The summed E-state index contributed by atoms with van der Waals surface area (Å²) in [6.07, 6.45) is 8.03. The summed E-state index contributed by atoms with van der Waals surface area (Å²) in [5.74, 6) is 1.77. The van der Waals surface area contributed by atoms with Crippen molar-refractivity contribution in [2.75, 3.05) is 6.54 Å². The van der Waals surface area contributed by atoms with Crippen LogP contribution in [-0.2, 0) is 6.42 Å². The van der Waals surface area contributed by atoms with E-state index in [1.54, 1.807) is 5.56 Å². The van der Waals surface area contributed by atoms with E-state index < -0.39 is 0 Å². The molecule has 0 aromatic heterocycles. The fraction of sp³-hybridized carbons (Fsp3) is 0.684. The maximum atomic E-state index is 6.23. The largest absolute Gasteiger partial charge is 0.330 e. The van der Waals surface area contributed by atoms with Gasteiger partial charge in [-0.05, 0) is 74.0 Å². The highest BCUT2D eigenvalue weighted by atomic mass is 32.2. The van der Waals surface area contributed by atoms with Gasteiger partial charge in [0.2, 0.25) is 0 Å². The van der Waals surface area contributed by atoms with Crippen LogP contribution in [0.3, 0.4) is 0 Å². The number of thioether (sulfide) groups is 1. The van der Waals surface area contributed by atoms with E-state index in [2.05, 4.69) is 49.9 Å². The fourth-order valence-electron chi connectivity index (χ4n) is 4.26. The zero-order valence-electron chi connectivity index (χ0n) is 13.5. The highest BCUT2D eigenvalue weighted by Gasteiger charge is 2.38. The summed E-state index contributed by atoms with van der Waals surface area (Å²) >= 11 is 2.10. The third-order valence-electron chi connectivity index (χ3n) is 5.84. The third-order valence-corrected chi connectivity index (χ3v) is 7.16. The van der Waals surface area contributed by atoms with Gasteiger partial charge in [0, 0.05) is 10.1 Å². The first-order chi connectivity index (χ1) is 10.1. The standard InChI is InChI=1S/C19H29NS/c1-14(2)15-7-9-19(13-20,10-8-15)12-17-11-16-5-3-4-6-18(16)21-17/h3-6,14-15,17H,7-13,20H2,1-2H3. The average molecular weight is 304 g/mol. The highest BCUT2D eigenvalue weighted by molar-refractivity contribution is 8.00. The Bertz CT molecular complexity index is 449. The van der Waals surface area contributed by atoms with Crippen molar-refractivity contribution in [3.05, 3.63) is 29.8 Å². The van der Waals surface area contributed by atoms with Crippen LogP contribution in [-0.4, -0.2) is 11.8 Å². The molecule has 1 nitrogen and oxygen atoms in total. The van der Waals surface area contributed by atoms with Gasteiger partial charge in [0.05, 0.1) is 0 Å². The maximum Gasteiger partial charge on any atom is 0.0141 e. The molecule has 1 heterocycles. The number of nitrogens with two attached hydrogens (primary N) is 1.